The number of anilines is 1. The fourth-order valence-corrected chi connectivity index (χ4v) is 2.71. The molecule has 2 N–H and O–H groups in total. The Bertz CT molecular complexity index is 539. The SMILES string of the molecule is CC(C)N(CC(=O)Nc1ccc(F)cc1)C(=O)CC1CCCN1. The number of hydrogen-bond acceptors (Lipinski definition) is 3. The first-order valence-corrected chi connectivity index (χ1v) is 8.04. The lowest BCUT2D eigenvalue weighted by atomic mass is 10.1. The summed E-state index contributed by atoms with van der Waals surface area (Å²) in [7, 11) is 0. The second kappa shape index (κ2) is 8.06. The van der Waals surface area contributed by atoms with Crippen LogP contribution >= 0.6 is 0 Å². The third-order valence-electron chi connectivity index (χ3n) is 3.97. The molecule has 1 aliphatic rings. The maximum atomic E-state index is 12.9. The van der Waals surface area contributed by atoms with Crippen molar-refractivity contribution in [3.05, 3.63) is 30.1 Å². The molecule has 126 valence electrons. The molecule has 1 aliphatic heterocycles. The lowest BCUT2D eigenvalue weighted by Gasteiger charge is -2.27. The summed E-state index contributed by atoms with van der Waals surface area (Å²) in [5.74, 6) is -0.655. The number of halogens is 1. The van der Waals surface area contributed by atoms with Crippen molar-refractivity contribution in [1.29, 1.82) is 0 Å². The zero-order valence-corrected chi connectivity index (χ0v) is 13.6. The summed E-state index contributed by atoms with van der Waals surface area (Å²) >= 11 is 0. The van der Waals surface area contributed by atoms with Crippen molar-refractivity contribution in [2.45, 2.75) is 45.2 Å². The van der Waals surface area contributed by atoms with Crippen molar-refractivity contribution in [1.82, 2.24) is 10.2 Å². The van der Waals surface area contributed by atoms with Gasteiger partial charge in [0.2, 0.25) is 11.8 Å². The number of nitrogens with one attached hydrogen (secondary N) is 2. The molecule has 1 aromatic rings. The van der Waals surface area contributed by atoms with Gasteiger partial charge in [-0.25, -0.2) is 4.39 Å². The zero-order chi connectivity index (χ0) is 16.8. The fourth-order valence-electron chi connectivity index (χ4n) is 2.71. The van der Waals surface area contributed by atoms with Gasteiger partial charge in [-0.05, 0) is 57.5 Å². The van der Waals surface area contributed by atoms with Crippen LogP contribution in [0.4, 0.5) is 10.1 Å². The van der Waals surface area contributed by atoms with Gasteiger partial charge in [0.15, 0.2) is 0 Å². The molecule has 0 bridgehead atoms. The molecule has 1 aromatic carbocycles. The van der Waals surface area contributed by atoms with Crippen molar-refractivity contribution in [2.24, 2.45) is 0 Å². The number of carbonyl (C=O) groups is 2. The predicted octanol–water partition coefficient (Wildman–Crippen LogP) is 2.14. The Morgan fingerprint density at radius 3 is 2.61 bits per heavy atom. The number of carbonyl (C=O) groups excluding carboxylic acids is 2. The quantitative estimate of drug-likeness (QED) is 0.844. The molecule has 1 fully saturated rings. The van der Waals surface area contributed by atoms with Crippen LogP contribution in [0.5, 0.6) is 0 Å². The van der Waals surface area contributed by atoms with E-state index in [1.807, 2.05) is 13.8 Å². The highest BCUT2D eigenvalue weighted by Crippen LogP contribution is 2.13. The van der Waals surface area contributed by atoms with E-state index in [4.69, 9.17) is 0 Å². The van der Waals surface area contributed by atoms with Crippen molar-refractivity contribution in [3.8, 4) is 0 Å². The summed E-state index contributed by atoms with van der Waals surface area (Å²) in [4.78, 5) is 26.2. The van der Waals surface area contributed by atoms with Gasteiger partial charge in [0.1, 0.15) is 12.4 Å². The van der Waals surface area contributed by atoms with E-state index in [1.54, 1.807) is 4.90 Å². The molecular formula is C17H24FN3O2. The minimum absolute atomic E-state index is 0.000592. The molecule has 0 aromatic heterocycles. The zero-order valence-electron chi connectivity index (χ0n) is 13.6. The maximum Gasteiger partial charge on any atom is 0.244 e. The molecule has 1 saturated heterocycles. The van der Waals surface area contributed by atoms with Crippen LogP contribution in [0.3, 0.4) is 0 Å². The van der Waals surface area contributed by atoms with Crippen LogP contribution in [-0.2, 0) is 9.59 Å². The minimum atomic E-state index is -0.356. The largest absolute Gasteiger partial charge is 0.331 e. The fraction of sp³-hybridized carbons (Fsp3) is 0.529. The first-order chi connectivity index (χ1) is 11.0. The van der Waals surface area contributed by atoms with Crippen molar-refractivity contribution in [3.63, 3.8) is 0 Å². The average Bonchev–Trinajstić information content (AvgIpc) is 2.99. The van der Waals surface area contributed by atoms with Crippen molar-refractivity contribution < 1.29 is 14.0 Å². The van der Waals surface area contributed by atoms with Crippen molar-refractivity contribution >= 4 is 17.5 Å². The van der Waals surface area contributed by atoms with Gasteiger partial charge in [-0.3, -0.25) is 9.59 Å². The van der Waals surface area contributed by atoms with Crippen LogP contribution in [0.25, 0.3) is 0 Å². The predicted molar refractivity (Wildman–Crippen MR) is 87.5 cm³/mol. The molecule has 0 saturated carbocycles. The molecule has 1 heterocycles. The summed E-state index contributed by atoms with van der Waals surface area (Å²) in [5, 5.41) is 5.98. The Morgan fingerprint density at radius 2 is 2.04 bits per heavy atom. The summed E-state index contributed by atoms with van der Waals surface area (Å²) in [6.45, 7) is 4.74. The van der Waals surface area contributed by atoms with Gasteiger partial charge in [-0.2, -0.15) is 0 Å². The van der Waals surface area contributed by atoms with E-state index in [2.05, 4.69) is 10.6 Å². The van der Waals surface area contributed by atoms with Gasteiger partial charge in [0.25, 0.3) is 0 Å². The number of amides is 2. The van der Waals surface area contributed by atoms with E-state index in [9.17, 15) is 14.0 Å². The molecule has 0 radical (unpaired) electrons. The van der Waals surface area contributed by atoms with Gasteiger partial charge >= 0.3 is 0 Å². The normalized spacial score (nSPS) is 17.3. The summed E-state index contributed by atoms with van der Waals surface area (Å²) in [5.41, 5.74) is 0.519. The Balaban J connectivity index is 1.90. The Labute approximate surface area is 136 Å². The molecule has 1 atom stereocenters. The third kappa shape index (κ3) is 5.32. The highest BCUT2D eigenvalue weighted by Gasteiger charge is 2.24. The number of hydrogen-bond donors (Lipinski definition) is 2. The van der Waals surface area contributed by atoms with Gasteiger partial charge < -0.3 is 15.5 Å². The van der Waals surface area contributed by atoms with Crippen LogP contribution in [-0.4, -0.2) is 41.9 Å². The van der Waals surface area contributed by atoms with Crippen LogP contribution in [0.2, 0.25) is 0 Å². The first kappa shape index (κ1) is 17.4. The molecule has 2 amide bonds. The topological polar surface area (TPSA) is 61.4 Å². The third-order valence-corrected chi connectivity index (χ3v) is 3.97. The van der Waals surface area contributed by atoms with E-state index >= 15 is 0 Å². The lowest BCUT2D eigenvalue weighted by molar-refractivity contribution is -0.136. The van der Waals surface area contributed by atoms with E-state index in [-0.39, 0.29) is 36.3 Å². The van der Waals surface area contributed by atoms with E-state index in [0.717, 1.165) is 19.4 Å². The highest BCUT2D eigenvalue weighted by atomic mass is 19.1. The Hall–Kier alpha value is -1.95. The van der Waals surface area contributed by atoms with E-state index in [0.29, 0.717) is 12.1 Å². The number of rotatable bonds is 6. The molecule has 1 unspecified atom stereocenters. The summed E-state index contributed by atoms with van der Waals surface area (Å²) in [6.07, 6.45) is 2.51. The van der Waals surface area contributed by atoms with Gasteiger partial charge in [0, 0.05) is 24.2 Å². The molecule has 2 rings (SSSR count). The number of benzene rings is 1. The van der Waals surface area contributed by atoms with Crippen LogP contribution in [0, 0.1) is 5.82 Å². The molecule has 5 nitrogen and oxygen atoms in total. The Kier molecular flexibility index (Phi) is 6.10. The van der Waals surface area contributed by atoms with E-state index in [1.165, 1.54) is 24.3 Å². The summed E-state index contributed by atoms with van der Waals surface area (Å²) < 4.78 is 12.9. The maximum absolute atomic E-state index is 12.9. The van der Waals surface area contributed by atoms with Crippen molar-refractivity contribution in [2.75, 3.05) is 18.4 Å². The molecule has 0 spiro atoms. The first-order valence-electron chi connectivity index (χ1n) is 8.04. The standard InChI is InChI=1S/C17H24FN3O2/c1-12(2)21(17(23)10-15-4-3-9-19-15)11-16(22)20-14-7-5-13(18)6-8-14/h5-8,12,15,19H,3-4,9-11H2,1-2H3,(H,20,22). The second-order valence-corrected chi connectivity index (χ2v) is 6.17. The van der Waals surface area contributed by atoms with Crippen LogP contribution in [0.1, 0.15) is 33.1 Å². The molecule has 0 aliphatic carbocycles. The highest BCUT2D eigenvalue weighted by molar-refractivity contribution is 5.94. The lowest BCUT2D eigenvalue weighted by Crippen LogP contribution is -2.44. The summed E-state index contributed by atoms with van der Waals surface area (Å²) in [6, 6.07) is 5.72. The van der Waals surface area contributed by atoms with Crippen LogP contribution in [0.15, 0.2) is 24.3 Å². The molecule has 23 heavy (non-hydrogen) atoms. The Morgan fingerprint density at radius 1 is 1.35 bits per heavy atom. The molecule has 6 heteroatoms. The van der Waals surface area contributed by atoms with Gasteiger partial charge in [-0.1, -0.05) is 0 Å². The number of nitrogens with zero attached hydrogens (tertiary/aromatic N) is 1. The second-order valence-electron chi connectivity index (χ2n) is 6.17. The minimum Gasteiger partial charge on any atom is -0.331 e. The van der Waals surface area contributed by atoms with E-state index < -0.39 is 0 Å². The van der Waals surface area contributed by atoms with Crippen LogP contribution < -0.4 is 10.6 Å². The van der Waals surface area contributed by atoms with Gasteiger partial charge in [0.05, 0.1) is 0 Å². The monoisotopic (exact) mass is 321 g/mol. The molecular weight excluding hydrogens is 297 g/mol. The van der Waals surface area contributed by atoms with Gasteiger partial charge in [-0.15, -0.1) is 0 Å². The smallest absolute Gasteiger partial charge is 0.244 e. The average molecular weight is 321 g/mol.